The van der Waals surface area contributed by atoms with Crippen molar-refractivity contribution >= 4 is 31.9 Å². The standard InChI is InChI=1S/C14H18Br2O2/c1-3-14(4-2)12(17)8-13(14)18-11-6-5-9(15)7-10(11)16/h5-7,12-13,17H,3-4,8H2,1-2H3. The molecule has 0 amide bonds. The van der Waals surface area contributed by atoms with Crippen LogP contribution in [0.3, 0.4) is 0 Å². The maximum Gasteiger partial charge on any atom is 0.134 e. The molecule has 1 aromatic carbocycles. The zero-order chi connectivity index (χ0) is 13.3. The summed E-state index contributed by atoms with van der Waals surface area (Å²) < 4.78 is 8.04. The Hall–Kier alpha value is -0.0600. The van der Waals surface area contributed by atoms with Gasteiger partial charge in [0.1, 0.15) is 11.9 Å². The summed E-state index contributed by atoms with van der Waals surface area (Å²) in [6.45, 7) is 4.25. The van der Waals surface area contributed by atoms with Crippen molar-refractivity contribution in [2.45, 2.75) is 45.3 Å². The van der Waals surface area contributed by atoms with Gasteiger partial charge in [0.05, 0.1) is 10.6 Å². The van der Waals surface area contributed by atoms with Gasteiger partial charge in [-0.25, -0.2) is 0 Å². The number of ether oxygens (including phenoxy) is 1. The highest BCUT2D eigenvalue weighted by Gasteiger charge is 2.53. The first kappa shape index (κ1) is 14.4. The van der Waals surface area contributed by atoms with Crippen LogP contribution in [0.2, 0.25) is 0 Å². The molecular formula is C14H18Br2O2. The van der Waals surface area contributed by atoms with Gasteiger partial charge in [0.25, 0.3) is 0 Å². The minimum absolute atomic E-state index is 0.0769. The Morgan fingerprint density at radius 3 is 2.50 bits per heavy atom. The van der Waals surface area contributed by atoms with Crippen LogP contribution < -0.4 is 4.74 Å². The smallest absolute Gasteiger partial charge is 0.134 e. The molecule has 0 aliphatic heterocycles. The van der Waals surface area contributed by atoms with Crippen molar-refractivity contribution in [1.82, 2.24) is 0 Å². The zero-order valence-electron chi connectivity index (χ0n) is 10.6. The van der Waals surface area contributed by atoms with Crippen LogP contribution >= 0.6 is 31.9 Å². The van der Waals surface area contributed by atoms with Gasteiger partial charge in [0.2, 0.25) is 0 Å². The molecule has 0 saturated heterocycles. The van der Waals surface area contributed by atoms with E-state index in [1.54, 1.807) is 0 Å². The number of hydrogen-bond donors (Lipinski definition) is 1. The molecule has 100 valence electrons. The highest BCUT2D eigenvalue weighted by Crippen LogP contribution is 2.49. The summed E-state index contributed by atoms with van der Waals surface area (Å²) in [6, 6.07) is 5.90. The van der Waals surface area contributed by atoms with Gasteiger partial charge in [0.15, 0.2) is 0 Å². The Balaban J connectivity index is 2.15. The molecule has 4 heteroatoms. The first-order valence-electron chi connectivity index (χ1n) is 6.33. The topological polar surface area (TPSA) is 29.5 Å². The second kappa shape index (κ2) is 5.51. The quantitative estimate of drug-likeness (QED) is 0.835. The van der Waals surface area contributed by atoms with Crippen molar-refractivity contribution in [1.29, 1.82) is 0 Å². The van der Waals surface area contributed by atoms with Crippen molar-refractivity contribution in [3.63, 3.8) is 0 Å². The molecule has 1 N–H and O–H groups in total. The SMILES string of the molecule is CCC1(CC)C(O)CC1Oc1ccc(Br)cc1Br. The number of aliphatic hydroxyl groups is 1. The molecular weight excluding hydrogens is 360 g/mol. The Morgan fingerprint density at radius 1 is 1.33 bits per heavy atom. The van der Waals surface area contributed by atoms with E-state index in [0.29, 0.717) is 0 Å². The van der Waals surface area contributed by atoms with E-state index in [0.717, 1.165) is 34.0 Å². The molecule has 1 fully saturated rings. The molecule has 0 bridgehead atoms. The third kappa shape index (κ3) is 2.35. The lowest BCUT2D eigenvalue weighted by Crippen LogP contribution is -2.59. The van der Waals surface area contributed by atoms with E-state index < -0.39 is 0 Å². The summed E-state index contributed by atoms with van der Waals surface area (Å²) in [4.78, 5) is 0. The molecule has 1 saturated carbocycles. The fraction of sp³-hybridized carbons (Fsp3) is 0.571. The van der Waals surface area contributed by atoms with Crippen LogP contribution in [0.1, 0.15) is 33.1 Å². The first-order valence-corrected chi connectivity index (χ1v) is 7.92. The Kier molecular flexibility index (Phi) is 4.40. The number of hydrogen-bond acceptors (Lipinski definition) is 2. The molecule has 0 spiro atoms. The highest BCUT2D eigenvalue weighted by molar-refractivity contribution is 9.11. The van der Waals surface area contributed by atoms with E-state index >= 15 is 0 Å². The molecule has 1 aromatic rings. The van der Waals surface area contributed by atoms with Gasteiger partial charge >= 0.3 is 0 Å². The maximum atomic E-state index is 10.0. The summed E-state index contributed by atoms with van der Waals surface area (Å²) in [5.41, 5.74) is -0.0769. The second-order valence-electron chi connectivity index (χ2n) is 4.87. The van der Waals surface area contributed by atoms with Crippen molar-refractivity contribution in [3.8, 4) is 5.75 Å². The first-order chi connectivity index (χ1) is 8.53. The van der Waals surface area contributed by atoms with Gasteiger partial charge in [-0.3, -0.25) is 0 Å². The molecule has 2 nitrogen and oxygen atoms in total. The number of aliphatic hydroxyl groups excluding tert-OH is 1. The van der Waals surface area contributed by atoms with Crippen LogP contribution in [0.15, 0.2) is 27.1 Å². The third-order valence-electron chi connectivity index (χ3n) is 4.22. The van der Waals surface area contributed by atoms with Crippen molar-refractivity contribution < 1.29 is 9.84 Å². The van der Waals surface area contributed by atoms with Crippen LogP contribution in [0, 0.1) is 5.41 Å². The number of benzene rings is 1. The fourth-order valence-corrected chi connectivity index (χ4v) is 3.93. The predicted octanol–water partition coefficient (Wildman–Crippen LogP) is 4.53. The zero-order valence-corrected chi connectivity index (χ0v) is 13.8. The largest absolute Gasteiger partial charge is 0.488 e. The Bertz CT molecular complexity index is 430. The molecule has 2 rings (SSSR count). The summed E-state index contributed by atoms with van der Waals surface area (Å²) in [6.07, 6.45) is 2.50. The van der Waals surface area contributed by atoms with Gasteiger partial charge in [-0.05, 0) is 47.0 Å². The average molecular weight is 378 g/mol. The lowest BCUT2D eigenvalue weighted by molar-refractivity contribution is -0.159. The molecule has 2 atom stereocenters. The minimum Gasteiger partial charge on any atom is -0.488 e. The van der Waals surface area contributed by atoms with Crippen molar-refractivity contribution in [3.05, 3.63) is 27.1 Å². The molecule has 0 radical (unpaired) electrons. The molecule has 0 aromatic heterocycles. The van der Waals surface area contributed by atoms with Crippen LogP contribution in [0.4, 0.5) is 0 Å². The summed E-state index contributed by atoms with van der Waals surface area (Å²) >= 11 is 6.94. The molecule has 1 aliphatic rings. The van der Waals surface area contributed by atoms with Gasteiger partial charge in [-0.2, -0.15) is 0 Å². The van der Waals surface area contributed by atoms with E-state index in [2.05, 4.69) is 45.7 Å². The second-order valence-corrected chi connectivity index (χ2v) is 6.64. The summed E-state index contributed by atoms with van der Waals surface area (Å²) in [5.74, 6) is 0.848. The van der Waals surface area contributed by atoms with Crippen molar-refractivity contribution in [2.24, 2.45) is 5.41 Å². The Labute approximate surface area is 125 Å². The van der Waals surface area contributed by atoms with E-state index in [1.165, 1.54) is 0 Å². The lowest BCUT2D eigenvalue weighted by atomic mass is 9.60. The summed E-state index contributed by atoms with van der Waals surface area (Å²) in [5, 5.41) is 10.0. The van der Waals surface area contributed by atoms with Crippen LogP contribution in [0.5, 0.6) is 5.75 Å². The molecule has 18 heavy (non-hydrogen) atoms. The third-order valence-corrected chi connectivity index (χ3v) is 5.33. The van der Waals surface area contributed by atoms with Crippen LogP contribution in [-0.2, 0) is 0 Å². The van der Waals surface area contributed by atoms with Crippen LogP contribution in [-0.4, -0.2) is 17.3 Å². The number of halogens is 2. The van der Waals surface area contributed by atoms with E-state index in [4.69, 9.17) is 4.74 Å². The highest BCUT2D eigenvalue weighted by atomic mass is 79.9. The fourth-order valence-electron chi connectivity index (χ4n) is 2.79. The predicted molar refractivity (Wildman–Crippen MR) is 79.9 cm³/mol. The maximum absolute atomic E-state index is 10.0. The monoisotopic (exact) mass is 376 g/mol. The molecule has 1 aliphatic carbocycles. The van der Waals surface area contributed by atoms with E-state index in [1.807, 2.05) is 18.2 Å². The number of rotatable bonds is 4. The Morgan fingerprint density at radius 2 is 2.00 bits per heavy atom. The lowest BCUT2D eigenvalue weighted by Gasteiger charge is -2.52. The van der Waals surface area contributed by atoms with E-state index in [9.17, 15) is 5.11 Å². The van der Waals surface area contributed by atoms with Gasteiger partial charge in [-0.15, -0.1) is 0 Å². The van der Waals surface area contributed by atoms with Crippen molar-refractivity contribution in [2.75, 3.05) is 0 Å². The average Bonchev–Trinajstić information content (AvgIpc) is 2.33. The van der Waals surface area contributed by atoms with Gasteiger partial charge in [-0.1, -0.05) is 29.8 Å². The molecule has 2 unspecified atom stereocenters. The summed E-state index contributed by atoms with van der Waals surface area (Å²) in [7, 11) is 0. The van der Waals surface area contributed by atoms with Crippen LogP contribution in [0.25, 0.3) is 0 Å². The molecule has 0 heterocycles. The van der Waals surface area contributed by atoms with Gasteiger partial charge in [0, 0.05) is 16.3 Å². The minimum atomic E-state index is -0.230. The normalized spacial score (nSPS) is 25.6. The van der Waals surface area contributed by atoms with E-state index in [-0.39, 0.29) is 17.6 Å². The van der Waals surface area contributed by atoms with Gasteiger partial charge < -0.3 is 9.84 Å².